The molecular weight excluding hydrogens is 375 g/mol. The van der Waals surface area contributed by atoms with Gasteiger partial charge < -0.3 is 9.72 Å². The molecule has 0 saturated carbocycles. The molecule has 1 aliphatic rings. The quantitative estimate of drug-likeness (QED) is 0.413. The fraction of sp³-hybridized carbons (Fsp3) is 0.250. The Morgan fingerprint density at radius 1 is 1.17 bits per heavy atom. The Hall–Kier alpha value is -2.95. The number of hydrogen-bond acceptors (Lipinski definition) is 1. The minimum atomic E-state index is -4.73. The second-order valence-corrected chi connectivity index (χ2v) is 7.09. The van der Waals surface area contributed by atoms with Gasteiger partial charge in [-0.2, -0.15) is 0 Å². The van der Waals surface area contributed by atoms with Crippen LogP contribution < -0.4 is 4.74 Å². The summed E-state index contributed by atoms with van der Waals surface area (Å²) in [5.74, 6) is -0.264. The minimum Gasteiger partial charge on any atom is -0.406 e. The Morgan fingerprint density at radius 3 is 2.66 bits per heavy atom. The highest BCUT2D eigenvalue weighted by Crippen LogP contribution is 2.32. The maximum Gasteiger partial charge on any atom is 0.573 e. The molecule has 0 radical (unpaired) electrons. The standard InChI is InChI=1S/C24H24F3NO/c1-4-8-19(23-15-21-16(2)9-5-6-12-22(21)28-23)13-17(3)18-10-7-11-20(14-18)29-24(25,26)27/h4,7-8,10-11,13-15,28H,2-3,5-6,9,12H2,1H3/b8-4-,19-13+. The molecule has 0 aliphatic heterocycles. The van der Waals surface area contributed by atoms with E-state index in [0.29, 0.717) is 11.1 Å². The van der Waals surface area contributed by atoms with Crippen LogP contribution in [0, 0.1) is 0 Å². The zero-order valence-corrected chi connectivity index (χ0v) is 16.4. The number of H-pyrrole nitrogens is 1. The van der Waals surface area contributed by atoms with Gasteiger partial charge in [-0.1, -0.05) is 37.4 Å². The number of nitrogens with one attached hydrogen (secondary N) is 1. The molecule has 0 saturated heterocycles. The van der Waals surface area contributed by atoms with Crippen LogP contribution in [0.25, 0.3) is 16.7 Å². The first-order chi connectivity index (χ1) is 13.8. The predicted molar refractivity (Wildman–Crippen MR) is 112 cm³/mol. The van der Waals surface area contributed by atoms with Crippen molar-refractivity contribution < 1.29 is 17.9 Å². The molecule has 2 aromatic rings. The van der Waals surface area contributed by atoms with Crippen molar-refractivity contribution in [1.82, 2.24) is 4.98 Å². The molecule has 29 heavy (non-hydrogen) atoms. The van der Waals surface area contributed by atoms with Crippen LogP contribution in [-0.2, 0) is 6.42 Å². The fourth-order valence-corrected chi connectivity index (χ4v) is 3.50. The molecule has 0 amide bonds. The van der Waals surface area contributed by atoms with Gasteiger partial charge in [-0.15, -0.1) is 13.2 Å². The molecule has 1 aromatic heterocycles. The highest BCUT2D eigenvalue weighted by molar-refractivity contribution is 5.87. The molecule has 0 atom stereocenters. The number of fused-ring (bicyclic) bond motifs is 1. The molecule has 5 heteroatoms. The molecule has 3 rings (SSSR count). The number of halogens is 3. The van der Waals surface area contributed by atoms with E-state index >= 15 is 0 Å². The lowest BCUT2D eigenvalue weighted by Gasteiger charge is -2.10. The van der Waals surface area contributed by atoms with E-state index < -0.39 is 6.36 Å². The van der Waals surface area contributed by atoms with Crippen molar-refractivity contribution in [3.63, 3.8) is 0 Å². The van der Waals surface area contributed by atoms with Crippen LogP contribution >= 0.6 is 0 Å². The molecule has 1 aliphatic carbocycles. The number of aromatic nitrogens is 1. The average molecular weight is 399 g/mol. The van der Waals surface area contributed by atoms with Crippen molar-refractivity contribution >= 4 is 16.7 Å². The molecule has 152 valence electrons. The maximum absolute atomic E-state index is 12.5. The van der Waals surface area contributed by atoms with Crippen LogP contribution in [0.1, 0.15) is 48.7 Å². The van der Waals surface area contributed by atoms with Crippen LogP contribution in [-0.4, -0.2) is 11.3 Å². The normalized spacial score (nSPS) is 15.3. The van der Waals surface area contributed by atoms with Gasteiger partial charge in [-0.25, -0.2) is 0 Å². The van der Waals surface area contributed by atoms with Gasteiger partial charge in [-0.05, 0) is 84.7 Å². The van der Waals surface area contributed by atoms with E-state index in [1.807, 2.05) is 25.2 Å². The third-order valence-corrected chi connectivity index (χ3v) is 4.86. The summed E-state index contributed by atoms with van der Waals surface area (Å²) in [6.07, 6.45) is 5.24. The third kappa shape index (κ3) is 5.31. The van der Waals surface area contributed by atoms with Gasteiger partial charge >= 0.3 is 6.36 Å². The molecular formula is C24H24F3NO. The van der Waals surface area contributed by atoms with Crippen LogP contribution in [0.5, 0.6) is 5.75 Å². The van der Waals surface area contributed by atoms with Crippen LogP contribution in [0.3, 0.4) is 0 Å². The number of aromatic amines is 1. The number of alkyl halides is 3. The highest BCUT2D eigenvalue weighted by atomic mass is 19.4. The van der Waals surface area contributed by atoms with Crippen LogP contribution in [0.4, 0.5) is 13.2 Å². The maximum atomic E-state index is 12.5. The van der Waals surface area contributed by atoms with Crippen molar-refractivity contribution in [2.45, 2.75) is 39.0 Å². The predicted octanol–water partition coefficient (Wildman–Crippen LogP) is 7.33. The molecule has 0 bridgehead atoms. The van der Waals surface area contributed by atoms with Gasteiger partial charge in [0.15, 0.2) is 0 Å². The lowest BCUT2D eigenvalue weighted by molar-refractivity contribution is -0.274. The summed E-state index contributed by atoms with van der Waals surface area (Å²) >= 11 is 0. The van der Waals surface area contributed by atoms with E-state index in [1.165, 1.54) is 29.5 Å². The lowest BCUT2D eigenvalue weighted by Crippen LogP contribution is -2.17. The van der Waals surface area contributed by atoms with E-state index in [0.717, 1.165) is 42.5 Å². The van der Waals surface area contributed by atoms with Gasteiger partial charge in [0, 0.05) is 11.4 Å². The van der Waals surface area contributed by atoms with E-state index in [4.69, 9.17) is 0 Å². The molecule has 1 heterocycles. The van der Waals surface area contributed by atoms with Crippen molar-refractivity contribution in [1.29, 1.82) is 0 Å². The number of rotatable bonds is 5. The average Bonchev–Trinajstić information content (AvgIpc) is 3.00. The van der Waals surface area contributed by atoms with Crippen LogP contribution in [0.2, 0.25) is 0 Å². The second kappa shape index (κ2) is 8.60. The Bertz CT molecular complexity index is 976. The summed E-state index contributed by atoms with van der Waals surface area (Å²) in [6, 6.07) is 7.94. The van der Waals surface area contributed by atoms with Gasteiger partial charge in [-0.3, -0.25) is 0 Å². The molecule has 1 aromatic carbocycles. The smallest absolute Gasteiger partial charge is 0.406 e. The minimum absolute atomic E-state index is 0.264. The monoisotopic (exact) mass is 399 g/mol. The van der Waals surface area contributed by atoms with Crippen molar-refractivity contribution in [3.05, 3.63) is 84.2 Å². The Labute approximate surface area is 169 Å². The molecule has 2 nitrogen and oxygen atoms in total. The molecule has 1 N–H and O–H groups in total. The Kier molecular flexibility index (Phi) is 6.16. The highest BCUT2D eigenvalue weighted by Gasteiger charge is 2.31. The van der Waals surface area contributed by atoms with Crippen molar-refractivity contribution in [3.8, 4) is 5.75 Å². The summed E-state index contributed by atoms with van der Waals surface area (Å²) < 4.78 is 41.5. The van der Waals surface area contributed by atoms with Gasteiger partial charge in [0.25, 0.3) is 0 Å². The number of aryl methyl sites for hydroxylation is 1. The van der Waals surface area contributed by atoms with Crippen molar-refractivity contribution in [2.24, 2.45) is 0 Å². The first kappa shape index (κ1) is 20.8. The zero-order valence-electron chi connectivity index (χ0n) is 16.4. The van der Waals surface area contributed by atoms with Crippen molar-refractivity contribution in [2.75, 3.05) is 0 Å². The van der Waals surface area contributed by atoms with E-state index in [2.05, 4.69) is 28.9 Å². The third-order valence-electron chi connectivity index (χ3n) is 4.86. The summed E-state index contributed by atoms with van der Waals surface area (Å²) in [7, 11) is 0. The Balaban J connectivity index is 1.92. The number of benzene rings is 1. The van der Waals surface area contributed by atoms with Gasteiger partial charge in [0.1, 0.15) is 5.75 Å². The Morgan fingerprint density at radius 2 is 1.93 bits per heavy atom. The molecule has 0 spiro atoms. The molecule has 0 fully saturated rings. The number of ether oxygens (including phenoxy) is 1. The summed E-state index contributed by atoms with van der Waals surface area (Å²) in [5.41, 5.74) is 6.49. The fourth-order valence-electron chi connectivity index (χ4n) is 3.50. The van der Waals surface area contributed by atoms with E-state index in [1.54, 1.807) is 6.07 Å². The number of hydrogen-bond donors (Lipinski definition) is 1. The zero-order chi connectivity index (χ0) is 21.0. The largest absolute Gasteiger partial charge is 0.573 e. The van der Waals surface area contributed by atoms with Gasteiger partial charge in [0.05, 0.1) is 0 Å². The first-order valence-corrected chi connectivity index (χ1v) is 9.56. The topological polar surface area (TPSA) is 25.0 Å². The number of allylic oxidation sites excluding steroid dienone is 6. The van der Waals surface area contributed by atoms with Gasteiger partial charge in [0.2, 0.25) is 0 Å². The van der Waals surface area contributed by atoms with Crippen LogP contribution in [0.15, 0.2) is 61.7 Å². The first-order valence-electron chi connectivity index (χ1n) is 9.56. The lowest BCUT2D eigenvalue weighted by atomic mass is 10.0. The SMILES string of the molecule is C=C(/C=C(\C=C/C)c1cc2c([nH]1)CCCCC2=C)c1cccc(OC(F)(F)F)c1. The summed E-state index contributed by atoms with van der Waals surface area (Å²) in [5, 5.41) is 0. The second-order valence-electron chi connectivity index (χ2n) is 7.09. The summed E-state index contributed by atoms with van der Waals surface area (Å²) in [6.45, 7) is 10.2. The molecule has 0 unspecified atom stereocenters. The van der Waals surface area contributed by atoms with E-state index in [-0.39, 0.29) is 5.75 Å². The summed E-state index contributed by atoms with van der Waals surface area (Å²) in [4.78, 5) is 3.49. The van der Waals surface area contributed by atoms with E-state index in [9.17, 15) is 13.2 Å².